The molecule has 7 heteroatoms. The summed E-state index contributed by atoms with van der Waals surface area (Å²) < 4.78 is 19.1. The highest BCUT2D eigenvalue weighted by Crippen LogP contribution is 2.31. The van der Waals surface area contributed by atoms with Crippen LogP contribution < -0.4 is 19.0 Å². The van der Waals surface area contributed by atoms with Crippen molar-refractivity contribution in [1.82, 2.24) is 4.57 Å². The van der Waals surface area contributed by atoms with Gasteiger partial charge in [-0.2, -0.15) is 4.99 Å². The molecule has 3 aromatic rings. The lowest BCUT2D eigenvalue weighted by atomic mass is 10.2. The van der Waals surface area contributed by atoms with E-state index in [1.807, 2.05) is 29.7 Å². The van der Waals surface area contributed by atoms with Crippen LogP contribution in [0.2, 0.25) is 0 Å². The van der Waals surface area contributed by atoms with E-state index in [4.69, 9.17) is 14.2 Å². The minimum absolute atomic E-state index is 0.360. The summed E-state index contributed by atoms with van der Waals surface area (Å²) in [6, 6.07) is 11.0. The van der Waals surface area contributed by atoms with Crippen LogP contribution in [0, 0.1) is 0 Å². The first-order valence-corrected chi connectivity index (χ1v) is 8.92. The number of aryl methyl sites for hydroxylation is 1. The van der Waals surface area contributed by atoms with Gasteiger partial charge in [-0.25, -0.2) is 0 Å². The average Bonchev–Trinajstić information content (AvgIpc) is 3.03. The maximum Gasteiger partial charge on any atom is 0.283 e. The fourth-order valence-electron chi connectivity index (χ4n) is 2.84. The fourth-order valence-corrected chi connectivity index (χ4v) is 3.95. The Morgan fingerprint density at radius 2 is 1.73 bits per heavy atom. The predicted octanol–water partition coefficient (Wildman–Crippen LogP) is 3.49. The van der Waals surface area contributed by atoms with Gasteiger partial charge in [0.1, 0.15) is 11.3 Å². The molecule has 0 fully saturated rings. The Hall–Kier alpha value is -2.80. The first kappa shape index (κ1) is 18.0. The van der Waals surface area contributed by atoms with Gasteiger partial charge in [-0.1, -0.05) is 23.5 Å². The molecule has 0 saturated heterocycles. The third kappa shape index (κ3) is 3.06. The number of hydrogen-bond donors (Lipinski definition) is 0. The van der Waals surface area contributed by atoms with Gasteiger partial charge in [-0.3, -0.25) is 4.79 Å². The number of fused-ring (bicyclic) bond motifs is 1. The van der Waals surface area contributed by atoms with Gasteiger partial charge in [-0.15, -0.1) is 0 Å². The van der Waals surface area contributed by atoms with Crippen molar-refractivity contribution in [2.75, 3.05) is 21.3 Å². The van der Waals surface area contributed by atoms with Crippen molar-refractivity contribution in [3.05, 3.63) is 46.8 Å². The largest absolute Gasteiger partial charge is 0.495 e. The van der Waals surface area contributed by atoms with Crippen LogP contribution in [0.5, 0.6) is 17.2 Å². The summed E-state index contributed by atoms with van der Waals surface area (Å²) in [5, 5.41) is 0. The van der Waals surface area contributed by atoms with E-state index >= 15 is 0 Å². The summed E-state index contributed by atoms with van der Waals surface area (Å²) in [5.74, 6) is 1.25. The number of benzene rings is 2. The number of methoxy groups -OCH3 is 3. The summed E-state index contributed by atoms with van der Waals surface area (Å²) in [4.78, 5) is 17.8. The van der Waals surface area contributed by atoms with Gasteiger partial charge in [0.05, 0.1) is 31.6 Å². The number of nitrogens with zero attached hydrogens (tertiary/aromatic N) is 2. The first-order valence-electron chi connectivity index (χ1n) is 8.11. The van der Waals surface area contributed by atoms with Crippen LogP contribution in [-0.4, -0.2) is 31.8 Å². The molecule has 0 aliphatic rings. The Bertz CT molecular complexity index is 1020. The van der Waals surface area contributed by atoms with E-state index in [1.54, 1.807) is 25.3 Å². The quantitative estimate of drug-likeness (QED) is 0.688. The molecule has 0 saturated carbocycles. The third-order valence-corrected chi connectivity index (χ3v) is 5.07. The fraction of sp³-hybridized carbons (Fsp3) is 0.263. The van der Waals surface area contributed by atoms with Crippen molar-refractivity contribution in [3.8, 4) is 17.2 Å². The number of ether oxygens (including phenoxy) is 3. The van der Waals surface area contributed by atoms with Gasteiger partial charge in [0, 0.05) is 6.54 Å². The van der Waals surface area contributed by atoms with Crippen molar-refractivity contribution in [3.63, 3.8) is 0 Å². The number of aromatic nitrogens is 1. The SMILES string of the molecule is CCn1c(=NC(=O)c2cccc(OC)c2OC)sc2cccc(OC)c21. The molecule has 0 N–H and O–H groups in total. The predicted molar refractivity (Wildman–Crippen MR) is 101 cm³/mol. The monoisotopic (exact) mass is 372 g/mol. The van der Waals surface area contributed by atoms with Gasteiger partial charge in [0.25, 0.3) is 5.91 Å². The van der Waals surface area contributed by atoms with E-state index in [1.165, 1.54) is 25.6 Å². The topological polar surface area (TPSA) is 62.1 Å². The smallest absolute Gasteiger partial charge is 0.283 e. The highest BCUT2D eigenvalue weighted by Gasteiger charge is 2.17. The Labute approximate surface area is 155 Å². The van der Waals surface area contributed by atoms with Crippen LogP contribution >= 0.6 is 11.3 Å². The normalized spacial score (nSPS) is 11.6. The maximum atomic E-state index is 12.8. The number of para-hydroxylation sites is 2. The first-order chi connectivity index (χ1) is 12.6. The number of carbonyl (C=O) groups excluding carboxylic acids is 1. The molecule has 6 nitrogen and oxygen atoms in total. The highest BCUT2D eigenvalue weighted by molar-refractivity contribution is 7.16. The lowest BCUT2D eigenvalue weighted by Gasteiger charge is -2.10. The molecule has 0 atom stereocenters. The van der Waals surface area contributed by atoms with Gasteiger partial charge in [-0.05, 0) is 31.2 Å². The lowest BCUT2D eigenvalue weighted by Crippen LogP contribution is -2.16. The van der Waals surface area contributed by atoms with E-state index in [2.05, 4.69) is 4.99 Å². The van der Waals surface area contributed by atoms with Crippen molar-refractivity contribution in [2.45, 2.75) is 13.5 Å². The second-order valence-corrected chi connectivity index (χ2v) is 6.40. The van der Waals surface area contributed by atoms with Gasteiger partial charge < -0.3 is 18.8 Å². The van der Waals surface area contributed by atoms with E-state index in [9.17, 15) is 4.79 Å². The summed E-state index contributed by atoms with van der Waals surface area (Å²) in [5.41, 5.74) is 1.30. The average molecular weight is 372 g/mol. The van der Waals surface area contributed by atoms with Crippen molar-refractivity contribution < 1.29 is 19.0 Å². The van der Waals surface area contributed by atoms with Crippen LogP contribution in [0.1, 0.15) is 17.3 Å². The van der Waals surface area contributed by atoms with E-state index in [0.717, 1.165) is 16.0 Å². The number of amides is 1. The molecule has 26 heavy (non-hydrogen) atoms. The van der Waals surface area contributed by atoms with Gasteiger partial charge in [0.15, 0.2) is 16.3 Å². The number of thiazole rings is 1. The van der Waals surface area contributed by atoms with Gasteiger partial charge in [0.2, 0.25) is 0 Å². The van der Waals surface area contributed by atoms with Crippen LogP contribution in [-0.2, 0) is 6.54 Å². The summed E-state index contributed by atoms with van der Waals surface area (Å²) in [6.07, 6.45) is 0. The van der Waals surface area contributed by atoms with Crippen LogP contribution in [0.3, 0.4) is 0 Å². The second kappa shape index (κ2) is 7.61. The zero-order chi connectivity index (χ0) is 18.7. The Morgan fingerprint density at radius 1 is 1.04 bits per heavy atom. The molecule has 1 amide bonds. The molecule has 0 radical (unpaired) electrons. The Kier molecular flexibility index (Phi) is 5.27. The van der Waals surface area contributed by atoms with Gasteiger partial charge >= 0.3 is 0 Å². The molecule has 0 aliphatic heterocycles. The standard InChI is InChI=1S/C19H20N2O4S/c1-5-21-16-13(23-2)9-7-11-15(16)26-19(21)20-18(22)12-8-6-10-14(24-3)17(12)25-4/h6-11H,5H2,1-4H3. The molecule has 136 valence electrons. The molecule has 0 unspecified atom stereocenters. The molecule has 0 bridgehead atoms. The summed E-state index contributed by atoms with van der Waals surface area (Å²) in [6.45, 7) is 2.68. The van der Waals surface area contributed by atoms with E-state index < -0.39 is 0 Å². The summed E-state index contributed by atoms with van der Waals surface area (Å²) >= 11 is 1.45. The number of rotatable bonds is 5. The lowest BCUT2D eigenvalue weighted by molar-refractivity contribution is 0.0994. The van der Waals surface area contributed by atoms with Crippen LogP contribution in [0.4, 0.5) is 0 Å². The second-order valence-electron chi connectivity index (χ2n) is 5.39. The minimum Gasteiger partial charge on any atom is -0.495 e. The van der Waals surface area contributed by atoms with E-state index in [-0.39, 0.29) is 5.91 Å². The van der Waals surface area contributed by atoms with Crippen molar-refractivity contribution in [2.24, 2.45) is 4.99 Å². The van der Waals surface area contributed by atoms with Crippen LogP contribution in [0.25, 0.3) is 10.2 Å². The highest BCUT2D eigenvalue weighted by atomic mass is 32.1. The molecule has 3 rings (SSSR count). The molecule has 1 aromatic heterocycles. The third-order valence-electron chi connectivity index (χ3n) is 4.03. The molecule has 1 heterocycles. The molecule has 0 aliphatic carbocycles. The maximum absolute atomic E-state index is 12.8. The molecule has 0 spiro atoms. The zero-order valence-electron chi connectivity index (χ0n) is 15.1. The number of hydrogen-bond acceptors (Lipinski definition) is 5. The Morgan fingerprint density at radius 3 is 2.38 bits per heavy atom. The Balaban J connectivity index is 2.18. The molecular weight excluding hydrogens is 352 g/mol. The summed E-state index contributed by atoms with van der Waals surface area (Å²) in [7, 11) is 4.67. The van der Waals surface area contributed by atoms with E-state index in [0.29, 0.717) is 28.4 Å². The zero-order valence-corrected chi connectivity index (χ0v) is 15.9. The minimum atomic E-state index is -0.381. The van der Waals surface area contributed by atoms with Crippen molar-refractivity contribution >= 4 is 27.5 Å². The molecular formula is C19H20N2O4S. The van der Waals surface area contributed by atoms with Crippen LogP contribution in [0.15, 0.2) is 41.4 Å². The van der Waals surface area contributed by atoms with Crippen molar-refractivity contribution in [1.29, 1.82) is 0 Å². The molecule has 2 aromatic carbocycles. The number of carbonyl (C=O) groups is 1.